The molecule has 1 saturated carbocycles. The maximum Gasteiger partial charge on any atom is 0.123 e. The lowest BCUT2D eigenvalue weighted by Crippen LogP contribution is -2.55. The fourth-order valence-corrected chi connectivity index (χ4v) is 2.58. The van der Waals surface area contributed by atoms with Gasteiger partial charge in [-0.05, 0) is 18.9 Å². The lowest BCUT2D eigenvalue weighted by Gasteiger charge is -2.52. The van der Waals surface area contributed by atoms with Gasteiger partial charge in [0.05, 0.1) is 0 Å². The summed E-state index contributed by atoms with van der Waals surface area (Å²) in [7, 11) is 0. The molecule has 2 aliphatic heterocycles. The lowest BCUT2D eigenvalue weighted by molar-refractivity contribution is 0.0113. The summed E-state index contributed by atoms with van der Waals surface area (Å²) in [4.78, 5) is 0. The van der Waals surface area contributed by atoms with Crippen LogP contribution in [0.4, 0.5) is 0 Å². The molecule has 2 nitrogen and oxygen atoms in total. The van der Waals surface area contributed by atoms with Gasteiger partial charge in [0.1, 0.15) is 11.9 Å². The van der Waals surface area contributed by atoms with Crippen molar-refractivity contribution in [2.45, 2.75) is 24.4 Å². The Hall–Kier alpha value is -0.730. The maximum absolute atomic E-state index is 5.83. The first-order chi connectivity index (χ1) is 6.34. The Morgan fingerprint density at radius 3 is 2.79 bits per heavy atom. The first-order valence-electron chi connectivity index (χ1n) is 4.80. The van der Waals surface area contributed by atoms with E-state index in [4.69, 9.17) is 10.5 Å². The maximum atomic E-state index is 5.83. The lowest BCUT2D eigenvalue weighted by atomic mass is 9.61. The molecular formula is C11H14ClNO. The summed E-state index contributed by atoms with van der Waals surface area (Å²) in [5.41, 5.74) is 7.40. The van der Waals surface area contributed by atoms with E-state index in [-0.39, 0.29) is 17.8 Å². The molecule has 1 aromatic carbocycles. The van der Waals surface area contributed by atoms with Crippen LogP contribution in [0, 0.1) is 0 Å². The molecule has 0 spiro atoms. The molecule has 1 aromatic rings. The summed E-state index contributed by atoms with van der Waals surface area (Å²) in [5.74, 6) is 1.05. The van der Waals surface area contributed by atoms with Gasteiger partial charge in [-0.1, -0.05) is 18.2 Å². The van der Waals surface area contributed by atoms with Crippen molar-refractivity contribution in [2.24, 2.45) is 5.73 Å². The summed E-state index contributed by atoms with van der Waals surface area (Å²) < 4.78 is 5.77. The van der Waals surface area contributed by atoms with Crippen LogP contribution in [0.2, 0.25) is 0 Å². The van der Waals surface area contributed by atoms with E-state index in [1.807, 2.05) is 12.1 Å². The van der Waals surface area contributed by atoms with Gasteiger partial charge in [-0.15, -0.1) is 12.4 Å². The number of hydrogen-bond acceptors (Lipinski definition) is 2. The van der Waals surface area contributed by atoms with Crippen molar-refractivity contribution in [3.05, 3.63) is 29.8 Å². The number of halogens is 1. The second-order valence-corrected chi connectivity index (χ2v) is 4.13. The van der Waals surface area contributed by atoms with E-state index in [0.29, 0.717) is 6.10 Å². The largest absolute Gasteiger partial charge is 0.490 e. The minimum absolute atomic E-state index is 0. The van der Waals surface area contributed by atoms with Crippen molar-refractivity contribution in [3.8, 4) is 5.75 Å². The van der Waals surface area contributed by atoms with E-state index in [2.05, 4.69) is 12.1 Å². The molecule has 76 valence electrons. The van der Waals surface area contributed by atoms with E-state index < -0.39 is 0 Å². The van der Waals surface area contributed by atoms with Crippen molar-refractivity contribution < 1.29 is 4.74 Å². The molecule has 4 rings (SSSR count). The van der Waals surface area contributed by atoms with Gasteiger partial charge in [0.2, 0.25) is 0 Å². The summed E-state index contributed by atoms with van der Waals surface area (Å²) in [5, 5.41) is 0. The van der Waals surface area contributed by atoms with E-state index in [0.717, 1.165) is 25.1 Å². The molecule has 0 atom stereocenters. The topological polar surface area (TPSA) is 35.2 Å². The van der Waals surface area contributed by atoms with Crippen LogP contribution in [0.5, 0.6) is 5.75 Å². The van der Waals surface area contributed by atoms with Crippen LogP contribution in [0.25, 0.3) is 0 Å². The van der Waals surface area contributed by atoms with Crippen LogP contribution in [-0.4, -0.2) is 12.6 Å². The molecule has 2 N–H and O–H groups in total. The number of rotatable bonds is 1. The zero-order chi connectivity index (χ0) is 8.89. The minimum atomic E-state index is 0. The average Bonchev–Trinajstić information content (AvgIpc) is 2.15. The van der Waals surface area contributed by atoms with Crippen LogP contribution in [0.15, 0.2) is 24.3 Å². The Balaban J connectivity index is 0.000000750. The normalized spacial score (nSPS) is 31.9. The summed E-state index contributed by atoms with van der Waals surface area (Å²) in [6.45, 7) is 0.754. The average molecular weight is 212 g/mol. The highest BCUT2D eigenvalue weighted by atomic mass is 35.5. The highest BCUT2D eigenvalue weighted by molar-refractivity contribution is 5.85. The first kappa shape index (κ1) is 9.81. The van der Waals surface area contributed by atoms with Crippen molar-refractivity contribution in [2.75, 3.05) is 6.54 Å². The third-order valence-electron chi connectivity index (χ3n) is 3.38. The van der Waals surface area contributed by atoms with E-state index in [9.17, 15) is 0 Å². The van der Waals surface area contributed by atoms with Gasteiger partial charge in [-0.25, -0.2) is 0 Å². The smallest absolute Gasteiger partial charge is 0.123 e. The van der Waals surface area contributed by atoms with Crippen molar-refractivity contribution in [1.29, 1.82) is 0 Å². The summed E-state index contributed by atoms with van der Waals surface area (Å²) in [6.07, 6.45) is 2.65. The van der Waals surface area contributed by atoms with Gasteiger partial charge in [0, 0.05) is 17.5 Å². The molecule has 0 amide bonds. The Kier molecular flexibility index (Phi) is 2.20. The minimum Gasteiger partial charge on any atom is -0.490 e. The van der Waals surface area contributed by atoms with Crippen molar-refractivity contribution >= 4 is 12.4 Å². The fraction of sp³-hybridized carbons (Fsp3) is 0.455. The van der Waals surface area contributed by atoms with Crippen LogP contribution >= 0.6 is 12.4 Å². The molecule has 1 aliphatic carbocycles. The zero-order valence-electron chi connectivity index (χ0n) is 7.90. The number of para-hydroxylation sites is 1. The first-order valence-corrected chi connectivity index (χ1v) is 4.80. The van der Waals surface area contributed by atoms with Gasteiger partial charge in [0.25, 0.3) is 0 Å². The van der Waals surface area contributed by atoms with Gasteiger partial charge >= 0.3 is 0 Å². The molecule has 1 fully saturated rings. The van der Waals surface area contributed by atoms with Gasteiger partial charge in [0.15, 0.2) is 0 Å². The number of benzene rings is 1. The van der Waals surface area contributed by atoms with Gasteiger partial charge in [-0.3, -0.25) is 0 Å². The van der Waals surface area contributed by atoms with E-state index in [1.165, 1.54) is 5.56 Å². The van der Waals surface area contributed by atoms with Crippen molar-refractivity contribution in [1.82, 2.24) is 0 Å². The zero-order valence-corrected chi connectivity index (χ0v) is 8.72. The summed E-state index contributed by atoms with van der Waals surface area (Å²) >= 11 is 0. The van der Waals surface area contributed by atoms with Crippen LogP contribution in [0.1, 0.15) is 18.4 Å². The molecule has 0 aromatic heterocycles. The third-order valence-corrected chi connectivity index (χ3v) is 3.38. The predicted octanol–water partition coefficient (Wildman–Crippen LogP) is 1.86. The highest BCUT2D eigenvalue weighted by Crippen LogP contribution is 2.52. The fourth-order valence-electron chi connectivity index (χ4n) is 2.58. The SMILES string of the molecule is Cl.NCC12CC(C1)Oc1ccccc12. The van der Waals surface area contributed by atoms with Crippen LogP contribution in [0.3, 0.4) is 0 Å². The van der Waals surface area contributed by atoms with Gasteiger partial charge in [-0.2, -0.15) is 0 Å². The molecule has 0 radical (unpaired) electrons. The predicted molar refractivity (Wildman–Crippen MR) is 58.1 cm³/mol. The Bertz CT molecular complexity index is 347. The Morgan fingerprint density at radius 2 is 2.07 bits per heavy atom. The highest BCUT2D eigenvalue weighted by Gasteiger charge is 2.51. The van der Waals surface area contributed by atoms with Crippen LogP contribution in [-0.2, 0) is 5.41 Å². The Morgan fingerprint density at radius 1 is 1.36 bits per heavy atom. The third kappa shape index (κ3) is 1.07. The molecule has 3 aliphatic rings. The number of hydrogen-bond donors (Lipinski definition) is 1. The van der Waals surface area contributed by atoms with E-state index >= 15 is 0 Å². The molecule has 2 heterocycles. The number of ether oxygens (including phenoxy) is 1. The summed E-state index contributed by atoms with van der Waals surface area (Å²) in [6, 6.07) is 8.29. The molecular weight excluding hydrogens is 198 g/mol. The van der Waals surface area contributed by atoms with E-state index in [1.54, 1.807) is 0 Å². The quantitative estimate of drug-likeness (QED) is 0.770. The monoisotopic (exact) mass is 211 g/mol. The molecule has 0 saturated heterocycles. The van der Waals surface area contributed by atoms with Gasteiger partial charge < -0.3 is 10.5 Å². The molecule has 14 heavy (non-hydrogen) atoms. The second kappa shape index (κ2) is 3.14. The second-order valence-electron chi connectivity index (χ2n) is 4.13. The van der Waals surface area contributed by atoms with Crippen molar-refractivity contribution in [3.63, 3.8) is 0 Å². The van der Waals surface area contributed by atoms with Crippen LogP contribution < -0.4 is 10.5 Å². The molecule has 3 heteroatoms. The standard InChI is InChI=1S/C11H13NO.ClH/c12-7-11-5-8(6-11)13-10-4-2-1-3-9(10)11;/h1-4,8H,5-7,12H2;1H. The molecule has 0 unspecified atom stereocenters. The Labute approximate surface area is 89.9 Å². The molecule has 2 bridgehead atoms. The number of nitrogens with two attached hydrogens (primary N) is 1.